The highest BCUT2D eigenvalue weighted by molar-refractivity contribution is 7.15. The van der Waals surface area contributed by atoms with Gasteiger partial charge in [-0.05, 0) is 11.4 Å². The van der Waals surface area contributed by atoms with Crippen molar-refractivity contribution in [3.8, 4) is 0 Å². The lowest BCUT2D eigenvalue weighted by atomic mass is 10.2. The van der Waals surface area contributed by atoms with Crippen molar-refractivity contribution in [3.05, 3.63) is 32.4 Å². The van der Waals surface area contributed by atoms with Crippen molar-refractivity contribution in [2.24, 2.45) is 0 Å². The first-order valence-electron chi connectivity index (χ1n) is 3.80. The third kappa shape index (κ3) is 1.76. The minimum absolute atomic E-state index is 0.449. The highest BCUT2D eigenvalue weighted by Crippen LogP contribution is 2.34. The number of aliphatic hydroxyl groups is 1. The number of thiophene rings is 1. The number of halogens is 1. The van der Waals surface area contributed by atoms with E-state index >= 15 is 0 Å². The lowest BCUT2D eigenvalue weighted by Crippen LogP contribution is -1.95. The molecule has 6 heteroatoms. The molecular weight excluding hydrogens is 240 g/mol. The van der Waals surface area contributed by atoms with Gasteiger partial charge in [-0.15, -0.1) is 11.3 Å². The summed E-state index contributed by atoms with van der Waals surface area (Å²) in [7, 11) is 0. The highest BCUT2D eigenvalue weighted by atomic mass is 35.5. The third-order valence-electron chi connectivity index (χ3n) is 1.75. The van der Waals surface area contributed by atoms with Gasteiger partial charge in [0.1, 0.15) is 6.10 Å². The zero-order valence-electron chi connectivity index (χ0n) is 6.98. The molecule has 0 radical (unpaired) electrons. The van der Waals surface area contributed by atoms with Crippen LogP contribution in [0.4, 0.5) is 5.13 Å². The largest absolute Gasteiger partial charge is 0.383 e. The second kappa shape index (κ2) is 3.86. The van der Waals surface area contributed by atoms with E-state index in [1.807, 2.05) is 5.38 Å². The number of thiazole rings is 1. The van der Waals surface area contributed by atoms with E-state index in [4.69, 9.17) is 17.3 Å². The van der Waals surface area contributed by atoms with Gasteiger partial charge in [0.2, 0.25) is 0 Å². The fourth-order valence-electron chi connectivity index (χ4n) is 1.08. The molecule has 0 saturated carbocycles. The number of aromatic nitrogens is 1. The van der Waals surface area contributed by atoms with Crippen LogP contribution in [0.2, 0.25) is 4.34 Å². The molecule has 3 N–H and O–H groups in total. The quantitative estimate of drug-likeness (QED) is 0.856. The molecule has 0 aliphatic heterocycles. The molecule has 2 aromatic rings. The molecule has 0 fully saturated rings. The molecule has 2 rings (SSSR count). The normalized spacial score (nSPS) is 13.0. The first kappa shape index (κ1) is 9.92. The van der Waals surface area contributed by atoms with E-state index < -0.39 is 6.10 Å². The molecule has 1 unspecified atom stereocenters. The van der Waals surface area contributed by atoms with Crippen LogP contribution in [0.1, 0.15) is 16.5 Å². The molecule has 0 aliphatic rings. The molecule has 2 aromatic heterocycles. The molecule has 0 spiro atoms. The topological polar surface area (TPSA) is 59.1 Å². The maximum Gasteiger partial charge on any atom is 0.180 e. The van der Waals surface area contributed by atoms with E-state index in [-0.39, 0.29) is 0 Å². The Bertz CT molecular complexity index is 440. The van der Waals surface area contributed by atoms with Crippen molar-refractivity contribution in [3.63, 3.8) is 0 Å². The molecular formula is C8H7ClN2OS2. The van der Waals surface area contributed by atoms with E-state index in [1.54, 1.807) is 12.3 Å². The zero-order chi connectivity index (χ0) is 10.1. The smallest absolute Gasteiger partial charge is 0.180 e. The fraction of sp³-hybridized carbons (Fsp3) is 0.125. The predicted molar refractivity (Wildman–Crippen MR) is 59.9 cm³/mol. The summed E-state index contributed by atoms with van der Waals surface area (Å²) in [6.45, 7) is 0. The van der Waals surface area contributed by atoms with Crippen LogP contribution in [0.15, 0.2) is 17.6 Å². The van der Waals surface area contributed by atoms with Crippen LogP contribution in [-0.2, 0) is 0 Å². The Balaban J connectivity index is 2.33. The highest BCUT2D eigenvalue weighted by Gasteiger charge is 2.16. The Kier molecular flexibility index (Phi) is 2.73. The van der Waals surface area contributed by atoms with Crippen LogP contribution in [0, 0.1) is 0 Å². The minimum Gasteiger partial charge on any atom is -0.383 e. The first-order chi connectivity index (χ1) is 6.68. The number of nitrogens with two attached hydrogens (primary N) is 1. The standard InChI is InChI=1S/C8H7ClN2OS2/c9-7-4(1-2-13-7)6(12)5-3-11-8(10)14-5/h1-3,6,12H,(H2,10,11). The summed E-state index contributed by atoms with van der Waals surface area (Å²) in [5.74, 6) is 0. The summed E-state index contributed by atoms with van der Waals surface area (Å²) in [4.78, 5) is 4.58. The molecule has 2 heterocycles. The summed E-state index contributed by atoms with van der Waals surface area (Å²) < 4.78 is 0.601. The Morgan fingerprint density at radius 2 is 2.36 bits per heavy atom. The number of anilines is 1. The van der Waals surface area contributed by atoms with E-state index in [0.29, 0.717) is 19.9 Å². The Morgan fingerprint density at radius 3 is 2.86 bits per heavy atom. The van der Waals surface area contributed by atoms with Gasteiger partial charge in [-0.3, -0.25) is 0 Å². The van der Waals surface area contributed by atoms with Crippen LogP contribution >= 0.6 is 34.3 Å². The second-order valence-electron chi connectivity index (χ2n) is 2.65. The SMILES string of the molecule is Nc1ncc(C(O)c2ccsc2Cl)s1. The first-order valence-corrected chi connectivity index (χ1v) is 5.88. The maximum atomic E-state index is 9.91. The van der Waals surface area contributed by atoms with Gasteiger partial charge < -0.3 is 10.8 Å². The number of nitrogens with zero attached hydrogens (tertiary/aromatic N) is 1. The van der Waals surface area contributed by atoms with Crippen molar-refractivity contribution >= 4 is 39.4 Å². The Morgan fingerprint density at radius 1 is 1.57 bits per heavy atom. The molecule has 74 valence electrons. The lowest BCUT2D eigenvalue weighted by molar-refractivity contribution is 0.224. The third-order valence-corrected chi connectivity index (χ3v) is 3.83. The van der Waals surface area contributed by atoms with Crippen molar-refractivity contribution in [1.29, 1.82) is 0 Å². The molecule has 0 aliphatic carbocycles. The average Bonchev–Trinajstić information content (AvgIpc) is 2.73. The van der Waals surface area contributed by atoms with E-state index in [1.165, 1.54) is 22.7 Å². The molecule has 14 heavy (non-hydrogen) atoms. The molecule has 0 aromatic carbocycles. The fourth-order valence-corrected chi connectivity index (χ4v) is 2.74. The van der Waals surface area contributed by atoms with Gasteiger partial charge in [0, 0.05) is 11.8 Å². The minimum atomic E-state index is -0.719. The van der Waals surface area contributed by atoms with Crippen LogP contribution in [0.5, 0.6) is 0 Å². The Hall–Kier alpha value is -0.620. The number of aliphatic hydroxyl groups excluding tert-OH is 1. The van der Waals surface area contributed by atoms with Gasteiger partial charge in [-0.2, -0.15) is 0 Å². The average molecular weight is 247 g/mol. The Labute approximate surface area is 93.8 Å². The molecule has 0 bridgehead atoms. The van der Waals surface area contributed by atoms with E-state index in [2.05, 4.69) is 4.98 Å². The summed E-state index contributed by atoms with van der Waals surface area (Å²) in [5.41, 5.74) is 6.18. The summed E-state index contributed by atoms with van der Waals surface area (Å²) in [6.07, 6.45) is 0.849. The molecule has 0 saturated heterocycles. The van der Waals surface area contributed by atoms with Gasteiger partial charge in [0.25, 0.3) is 0 Å². The number of hydrogen-bond acceptors (Lipinski definition) is 5. The summed E-state index contributed by atoms with van der Waals surface area (Å²) in [6, 6.07) is 1.80. The lowest BCUT2D eigenvalue weighted by Gasteiger charge is -2.05. The predicted octanol–water partition coefficient (Wildman–Crippen LogP) is 2.52. The van der Waals surface area contributed by atoms with E-state index in [0.717, 1.165) is 0 Å². The molecule has 3 nitrogen and oxygen atoms in total. The van der Waals surface area contributed by atoms with Crippen LogP contribution in [-0.4, -0.2) is 10.1 Å². The van der Waals surface area contributed by atoms with Crippen molar-refractivity contribution in [1.82, 2.24) is 4.98 Å². The van der Waals surface area contributed by atoms with Crippen LogP contribution in [0.25, 0.3) is 0 Å². The van der Waals surface area contributed by atoms with Gasteiger partial charge >= 0.3 is 0 Å². The number of nitrogen functional groups attached to an aromatic ring is 1. The summed E-state index contributed by atoms with van der Waals surface area (Å²) >= 11 is 8.56. The van der Waals surface area contributed by atoms with Gasteiger partial charge in [-0.25, -0.2) is 4.98 Å². The molecule has 1 atom stereocenters. The second-order valence-corrected chi connectivity index (χ2v) is 5.27. The summed E-state index contributed by atoms with van der Waals surface area (Å²) in [5, 5.41) is 12.2. The monoisotopic (exact) mass is 246 g/mol. The molecule has 0 amide bonds. The van der Waals surface area contributed by atoms with Crippen molar-refractivity contribution in [2.45, 2.75) is 6.10 Å². The van der Waals surface area contributed by atoms with Gasteiger partial charge in [0.15, 0.2) is 5.13 Å². The number of rotatable bonds is 2. The zero-order valence-corrected chi connectivity index (χ0v) is 9.36. The number of hydrogen-bond donors (Lipinski definition) is 2. The van der Waals surface area contributed by atoms with Crippen molar-refractivity contribution < 1.29 is 5.11 Å². The van der Waals surface area contributed by atoms with Crippen molar-refractivity contribution in [2.75, 3.05) is 5.73 Å². The van der Waals surface area contributed by atoms with Crippen LogP contribution < -0.4 is 5.73 Å². The van der Waals surface area contributed by atoms with Crippen LogP contribution in [0.3, 0.4) is 0 Å². The van der Waals surface area contributed by atoms with Gasteiger partial charge in [0.05, 0.1) is 9.21 Å². The maximum absolute atomic E-state index is 9.91. The van der Waals surface area contributed by atoms with Gasteiger partial charge in [-0.1, -0.05) is 22.9 Å². The van der Waals surface area contributed by atoms with E-state index in [9.17, 15) is 5.11 Å².